The first-order chi connectivity index (χ1) is 8.57. The summed E-state index contributed by atoms with van der Waals surface area (Å²) >= 11 is 0. The van der Waals surface area contributed by atoms with Crippen molar-refractivity contribution in [1.29, 1.82) is 0 Å². The van der Waals surface area contributed by atoms with Gasteiger partial charge >= 0.3 is 0 Å². The van der Waals surface area contributed by atoms with Crippen LogP contribution in [0.3, 0.4) is 0 Å². The number of nitrogens with one attached hydrogen (secondary N) is 1. The molecule has 0 saturated carbocycles. The van der Waals surface area contributed by atoms with E-state index in [4.69, 9.17) is 10.2 Å². The number of hydrogen-bond donors (Lipinski definition) is 2. The predicted octanol–water partition coefficient (Wildman–Crippen LogP) is 1.96. The number of nitrogens with two attached hydrogens (primary N) is 1. The molecule has 0 aliphatic heterocycles. The molecule has 1 atom stereocenters. The summed E-state index contributed by atoms with van der Waals surface area (Å²) in [5, 5.41) is 3.15. The molecule has 0 aliphatic carbocycles. The van der Waals surface area contributed by atoms with E-state index in [9.17, 15) is 4.79 Å². The number of carbonyl (C=O) groups is 1. The van der Waals surface area contributed by atoms with Gasteiger partial charge < -0.3 is 10.2 Å². The summed E-state index contributed by atoms with van der Waals surface area (Å²) in [6, 6.07) is 0. The maximum absolute atomic E-state index is 11.6. The van der Waals surface area contributed by atoms with E-state index in [1.54, 1.807) is 13.2 Å². The molecule has 5 heteroatoms. The molecule has 0 aliphatic rings. The van der Waals surface area contributed by atoms with Gasteiger partial charge in [-0.15, -0.1) is 0 Å². The Morgan fingerprint density at radius 3 is 2.37 bits per heavy atom. The van der Waals surface area contributed by atoms with Gasteiger partial charge in [0.05, 0.1) is 17.8 Å². The zero-order chi connectivity index (χ0) is 14.8. The summed E-state index contributed by atoms with van der Waals surface area (Å²) < 4.78 is 5.42. The minimum Gasteiger partial charge on any atom is -0.447 e. The zero-order valence-electron chi connectivity index (χ0n) is 12.7. The number of oxazole rings is 1. The molecule has 1 amide bonds. The van der Waals surface area contributed by atoms with Crippen LogP contribution >= 0.6 is 0 Å². The van der Waals surface area contributed by atoms with Crippen LogP contribution in [0.15, 0.2) is 10.7 Å². The van der Waals surface area contributed by atoms with Gasteiger partial charge in [-0.1, -0.05) is 34.6 Å². The highest BCUT2D eigenvalue weighted by atomic mass is 16.3. The third-order valence-electron chi connectivity index (χ3n) is 3.59. The highest BCUT2D eigenvalue weighted by Crippen LogP contribution is 2.22. The molecule has 0 spiro atoms. The Kier molecular flexibility index (Phi) is 4.40. The molecule has 1 unspecified atom stereocenters. The second-order valence-electron chi connectivity index (χ2n) is 6.45. The van der Waals surface area contributed by atoms with Crippen LogP contribution in [-0.4, -0.2) is 16.4 Å². The predicted molar refractivity (Wildman–Crippen MR) is 74.5 cm³/mol. The normalized spacial score (nSPS) is 15.5. The van der Waals surface area contributed by atoms with E-state index in [0.717, 1.165) is 5.69 Å². The van der Waals surface area contributed by atoms with Crippen molar-refractivity contribution in [3.63, 3.8) is 0 Å². The fourth-order valence-electron chi connectivity index (χ4n) is 1.57. The van der Waals surface area contributed by atoms with E-state index in [-0.39, 0.29) is 17.2 Å². The summed E-state index contributed by atoms with van der Waals surface area (Å²) in [5.74, 6) is 0.283. The Hall–Kier alpha value is -1.36. The first-order valence-corrected chi connectivity index (χ1v) is 6.57. The summed E-state index contributed by atoms with van der Waals surface area (Å²) in [4.78, 5) is 16.0. The first-order valence-electron chi connectivity index (χ1n) is 6.57. The van der Waals surface area contributed by atoms with Gasteiger partial charge in [0.1, 0.15) is 6.26 Å². The summed E-state index contributed by atoms with van der Waals surface area (Å²) in [7, 11) is 0. The molecule has 0 fully saturated rings. The molecule has 19 heavy (non-hydrogen) atoms. The Morgan fingerprint density at radius 2 is 2.00 bits per heavy atom. The lowest BCUT2D eigenvalue weighted by molar-refractivity contribution is -0.125. The monoisotopic (exact) mass is 267 g/mol. The second-order valence-corrected chi connectivity index (χ2v) is 6.45. The first kappa shape index (κ1) is 15.7. The third-order valence-corrected chi connectivity index (χ3v) is 3.59. The van der Waals surface area contributed by atoms with Crippen LogP contribution in [0.4, 0.5) is 0 Å². The van der Waals surface area contributed by atoms with Gasteiger partial charge in [-0.3, -0.25) is 10.1 Å². The van der Waals surface area contributed by atoms with Crippen molar-refractivity contribution in [3.8, 4) is 0 Å². The number of rotatable bonds is 5. The molecule has 1 heterocycles. The lowest BCUT2D eigenvalue weighted by Crippen LogP contribution is -2.56. The Bertz CT molecular complexity index is 446. The Labute approximate surface area is 115 Å². The molecular weight excluding hydrogens is 242 g/mol. The van der Waals surface area contributed by atoms with Crippen LogP contribution in [0.5, 0.6) is 0 Å². The Morgan fingerprint density at radius 1 is 1.42 bits per heavy atom. The minimum absolute atomic E-state index is 0.0488. The number of aromatic nitrogens is 1. The lowest BCUT2D eigenvalue weighted by atomic mass is 9.88. The highest BCUT2D eigenvalue weighted by molar-refractivity contribution is 5.84. The Balaban J connectivity index is 2.76. The fourth-order valence-corrected chi connectivity index (χ4v) is 1.57. The molecule has 108 valence electrons. The summed E-state index contributed by atoms with van der Waals surface area (Å²) in [6.45, 7) is 12.3. The van der Waals surface area contributed by atoms with E-state index < -0.39 is 5.54 Å². The zero-order valence-corrected chi connectivity index (χ0v) is 12.7. The molecule has 5 nitrogen and oxygen atoms in total. The van der Waals surface area contributed by atoms with Gasteiger partial charge in [-0.25, -0.2) is 4.98 Å². The van der Waals surface area contributed by atoms with Crippen LogP contribution in [-0.2, 0) is 16.8 Å². The van der Waals surface area contributed by atoms with Crippen LogP contribution in [0, 0.1) is 5.92 Å². The van der Waals surface area contributed by atoms with E-state index in [1.165, 1.54) is 0 Å². The largest absolute Gasteiger partial charge is 0.447 e. The molecule has 1 aromatic rings. The summed E-state index contributed by atoms with van der Waals surface area (Å²) in [6.07, 6.45) is 1.66. The quantitative estimate of drug-likeness (QED) is 0.854. The molecule has 0 bridgehead atoms. The van der Waals surface area contributed by atoms with Crippen LogP contribution < -0.4 is 11.1 Å². The van der Waals surface area contributed by atoms with E-state index in [2.05, 4.69) is 31.1 Å². The van der Waals surface area contributed by atoms with Gasteiger partial charge in [0.15, 0.2) is 0 Å². The number of amides is 1. The van der Waals surface area contributed by atoms with Crippen molar-refractivity contribution < 1.29 is 9.21 Å². The smallest absolute Gasteiger partial charge is 0.237 e. The molecule has 1 aromatic heterocycles. The fraction of sp³-hybridized carbons (Fsp3) is 0.714. The maximum Gasteiger partial charge on any atom is 0.237 e. The molecule has 0 aromatic carbocycles. The van der Waals surface area contributed by atoms with Crippen LogP contribution in [0.1, 0.15) is 53.1 Å². The third kappa shape index (κ3) is 3.56. The standard InChI is InChI=1S/C14H25N3O2/c1-9(2)14(6,12(15)18)16-7-11-17-10(8-19-11)13(3,4)5/h8-9,16H,7H2,1-6H3,(H2,15,18). The summed E-state index contributed by atoms with van der Waals surface area (Å²) in [5.41, 5.74) is 5.54. The second kappa shape index (κ2) is 5.33. The van der Waals surface area contributed by atoms with Gasteiger partial charge in [-0.2, -0.15) is 0 Å². The van der Waals surface area contributed by atoms with E-state index in [1.807, 2.05) is 13.8 Å². The molecular formula is C14H25N3O2. The average Bonchev–Trinajstić information content (AvgIpc) is 2.73. The van der Waals surface area contributed by atoms with Gasteiger partial charge in [0, 0.05) is 5.41 Å². The van der Waals surface area contributed by atoms with Crippen LogP contribution in [0.2, 0.25) is 0 Å². The average molecular weight is 267 g/mol. The van der Waals surface area contributed by atoms with Gasteiger partial charge in [-0.05, 0) is 12.8 Å². The number of primary amides is 1. The highest BCUT2D eigenvalue weighted by Gasteiger charge is 2.34. The molecule has 1 rings (SSSR count). The van der Waals surface area contributed by atoms with Crippen molar-refractivity contribution in [1.82, 2.24) is 10.3 Å². The topological polar surface area (TPSA) is 81.2 Å². The SMILES string of the molecule is CC(C)C(C)(NCc1nc(C(C)(C)C)co1)C(N)=O. The van der Waals surface area contributed by atoms with Crippen molar-refractivity contribution >= 4 is 5.91 Å². The minimum atomic E-state index is -0.767. The van der Waals surface area contributed by atoms with Gasteiger partial charge in [0.2, 0.25) is 11.8 Å². The lowest BCUT2D eigenvalue weighted by Gasteiger charge is -2.31. The number of carbonyl (C=O) groups excluding carboxylic acids is 1. The number of hydrogen-bond acceptors (Lipinski definition) is 4. The molecule has 3 N–H and O–H groups in total. The van der Waals surface area contributed by atoms with E-state index in [0.29, 0.717) is 12.4 Å². The van der Waals surface area contributed by atoms with E-state index >= 15 is 0 Å². The molecule has 0 radical (unpaired) electrons. The van der Waals surface area contributed by atoms with Crippen molar-refractivity contribution in [3.05, 3.63) is 17.8 Å². The van der Waals surface area contributed by atoms with Gasteiger partial charge in [0.25, 0.3) is 0 Å². The van der Waals surface area contributed by atoms with Crippen molar-refractivity contribution in [2.45, 2.75) is 59.0 Å². The van der Waals surface area contributed by atoms with Crippen LogP contribution in [0.25, 0.3) is 0 Å². The van der Waals surface area contributed by atoms with Crippen molar-refractivity contribution in [2.24, 2.45) is 11.7 Å². The number of nitrogens with zero attached hydrogens (tertiary/aromatic N) is 1. The maximum atomic E-state index is 11.6. The van der Waals surface area contributed by atoms with Crippen molar-refractivity contribution in [2.75, 3.05) is 0 Å². The molecule has 0 saturated heterocycles.